The normalized spacial score (nSPS) is 13.8. The van der Waals surface area contributed by atoms with Gasteiger partial charge in [0.2, 0.25) is 0 Å². The van der Waals surface area contributed by atoms with Crippen molar-refractivity contribution in [3.05, 3.63) is 78.3 Å². The second kappa shape index (κ2) is 8.84. The maximum absolute atomic E-state index is 11.8. The molecule has 1 aromatic heterocycles. The van der Waals surface area contributed by atoms with Crippen LogP contribution in [0.1, 0.15) is 16.1 Å². The molecule has 3 N–H and O–H groups in total. The number of benzene rings is 2. The van der Waals surface area contributed by atoms with Crippen LogP contribution in [0, 0.1) is 0 Å². The minimum absolute atomic E-state index is 0.0654. The van der Waals surface area contributed by atoms with Crippen LogP contribution < -0.4 is 15.5 Å². The lowest BCUT2D eigenvalue weighted by atomic mass is 10.1. The van der Waals surface area contributed by atoms with E-state index in [0.29, 0.717) is 17.8 Å². The first-order chi connectivity index (χ1) is 14.6. The van der Waals surface area contributed by atoms with Crippen molar-refractivity contribution in [2.45, 2.75) is 6.61 Å². The Morgan fingerprint density at radius 1 is 1.17 bits per heavy atom. The second-order valence-electron chi connectivity index (χ2n) is 7.13. The Morgan fingerprint density at radius 2 is 1.93 bits per heavy atom. The van der Waals surface area contributed by atoms with E-state index in [9.17, 15) is 9.90 Å². The van der Waals surface area contributed by atoms with Crippen molar-refractivity contribution in [2.24, 2.45) is 0 Å². The van der Waals surface area contributed by atoms with Gasteiger partial charge in [-0.25, -0.2) is 9.78 Å². The minimum Gasteiger partial charge on any atom is -0.476 e. The van der Waals surface area contributed by atoms with E-state index in [4.69, 9.17) is 4.74 Å². The van der Waals surface area contributed by atoms with Crippen LogP contribution in [-0.4, -0.2) is 42.2 Å². The third-order valence-corrected chi connectivity index (χ3v) is 5.02. The lowest BCUT2D eigenvalue weighted by Gasteiger charge is -2.29. The highest BCUT2D eigenvalue weighted by molar-refractivity contribution is 5.97. The number of aromatic carboxylic acids is 1. The van der Waals surface area contributed by atoms with Gasteiger partial charge in [-0.2, -0.15) is 0 Å². The number of fused-ring (bicyclic) bond motifs is 1. The monoisotopic (exact) mass is 404 g/mol. The number of hydrogen-bond donors (Lipinski definition) is 3. The summed E-state index contributed by atoms with van der Waals surface area (Å²) in [4.78, 5) is 18.5. The Morgan fingerprint density at radius 3 is 2.67 bits per heavy atom. The summed E-state index contributed by atoms with van der Waals surface area (Å²) in [6.07, 6.45) is 0. The van der Waals surface area contributed by atoms with E-state index < -0.39 is 5.97 Å². The molecule has 4 rings (SSSR count). The van der Waals surface area contributed by atoms with Crippen molar-refractivity contribution in [3.8, 4) is 0 Å². The molecule has 2 heterocycles. The highest BCUT2D eigenvalue weighted by Gasteiger charge is 2.17. The van der Waals surface area contributed by atoms with Gasteiger partial charge in [-0.05, 0) is 30.3 Å². The van der Waals surface area contributed by atoms with Gasteiger partial charge in [0.05, 0.1) is 11.2 Å². The summed E-state index contributed by atoms with van der Waals surface area (Å²) < 4.78 is 5.64. The number of hydrogen-bond acceptors (Lipinski definition) is 6. The quantitative estimate of drug-likeness (QED) is 0.520. The molecule has 7 heteroatoms. The number of nitrogens with one attached hydrogen (secondary N) is 2. The Balaban J connectivity index is 1.55. The molecule has 1 aliphatic heterocycles. The van der Waals surface area contributed by atoms with E-state index in [1.807, 2.05) is 48.5 Å². The number of carbonyl (C=O) groups is 1. The van der Waals surface area contributed by atoms with Crippen LogP contribution in [0.25, 0.3) is 10.9 Å². The predicted molar refractivity (Wildman–Crippen MR) is 118 cm³/mol. The molecule has 0 spiro atoms. The van der Waals surface area contributed by atoms with Gasteiger partial charge in [0.15, 0.2) is 11.6 Å². The Hall–Kier alpha value is -3.58. The fourth-order valence-electron chi connectivity index (χ4n) is 3.46. The maximum Gasteiger partial charge on any atom is 0.356 e. The lowest BCUT2D eigenvalue weighted by Crippen LogP contribution is -2.43. The van der Waals surface area contributed by atoms with Gasteiger partial charge in [0.1, 0.15) is 6.61 Å². The summed E-state index contributed by atoms with van der Waals surface area (Å²) >= 11 is 0. The topological polar surface area (TPSA) is 86.7 Å². The molecular formula is C23H24N4O3. The predicted octanol–water partition coefficient (Wildman–Crippen LogP) is 3.44. The van der Waals surface area contributed by atoms with Gasteiger partial charge in [0.25, 0.3) is 0 Å². The van der Waals surface area contributed by atoms with Gasteiger partial charge in [-0.15, -0.1) is 0 Å². The van der Waals surface area contributed by atoms with Crippen molar-refractivity contribution in [2.75, 3.05) is 36.4 Å². The SMILES string of the molecule is C=C(Nc1cc2ccc(N3CCNCC3)cc2nc1C(=O)O)OCc1ccccc1. The van der Waals surface area contributed by atoms with E-state index >= 15 is 0 Å². The fraction of sp³-hybridized carbons (Fsp3) is 0.217. The molecule has 2 aromatic carbocycles. The van der Waals surface area contributed by atoms with E-state index in [0.717, 1.165) is 42.8 Å². The number of nitrogens with zero attached hydrogens (tertiary/aromatic N) is 2. The van der Waals surface area contributed by atoms with Gasteiger partial charge in [-0.3, -0.25) is 0 Å². The van der Waals surface area contributed by atoms with Crippen LogP contribution in [0.3, 0.4) is 0 Å². The molecule has 3 aromatic rings. The molecule has 0 radical (unpaired) electrons. The van der Waals surface area contributed by atoms with Crippen LogP contribution >= 0.6 is 0 Å². The van der Waals surface area contributed by atoms with Crippen LogP contribution in [0.15, 0.2) is 67.1 Å². The van der Waals surface area contributed by atoms with Crippen LogP contribution in [-0.2, 0) is 11.3 Å². The Kier molecular flexibility index (Phi) is 5.81. The molecule has 1 fully saturated rings. The van der Waals surface area contributed by atoms with Crippen LogP contribution in [0.2, 0.25) is 0 Å². The molecular weight excluding hydrogens is 380 g/mol. The molecule has 154 valence electrons. The average Bonchev–Trinajstić information content (AvgIpc) is 2.78. The number of piperazine rings is 1. The standard InChI is InChI=1S/C23H24N4O3/c1-16(30-15-17-5-3-2-4-6-17)25-21-13-18-7-8-19(27-11-9-24-10-12-27)14-20(18)26-22(21)23(28)29/h2-8,13-14,24-25H,1,9-12,15H2,(H,28,29). The van der Waals surface area contributed by atoms with E-state index in [1.54, 1.807) is 6.07 Å². The van der Waals surface area contributed by atoms with Crippen LogP contribution in [0.5, 0.6) is 0 Å². The third-order valence-electron chi connectivity index (χ3n) is 5.02. The Bertz CT molecular complexity index is 1060. The smallest absolute Gasteiger partial charge is 0.356 e. The molecule has 0 aliphatic carbocycles. The molecule has 0 saturated carbocycles. The number of ether oxygens (including phenoxy) is 1. The van der Waals surface area contributed by atoms with Crippen molar-refractivity contribution in [1.82, 2.24) is 10.3 Å². The van der Waals surface area contributed by atoms with E-state index in [2.05, 4.69) is 27.1 Å². The van der Waals surface area contributed by atoms with Gasteiger partial charge < -0.3 is 25.4 Å². The summed E-state index contributed by atoms with van der Waals surface area (Å²) in [5.41, 5.74) is 2.97. The van der Waals surface area contributed by atoms with Gasteiger partial charge in [-0.1, -0.05) is 36.4 Å². The van der Waals surface area contributed by atoms with E-state index in [-0.39, 0.29) is 11.6 Å². The van der Waals surface area contributed by atoms with Gasteiger partial charge in [0, 0.05) is 37.3 Å². The molecule has 30 heavy (non-hydrogen) atoms. The van der Waals surface area contributed by atoms with Gasteiger partial charge >= 0.3 is 5.97 Å². The number of pyridine rings is 1. The van der Waals surface area contributed by atoms with Crippen LogP contribution in [0.4, 0.5) is 11.4 Å². The van der Waals surface area contributed by atoms with Crippen molar-refractivity contribution >= 4 is 28.2 Å². The summed E-state index contributed by atoms with van der Waals surface area (Å²) in [5, 5.41) is 16.8. The first-order valence-corrected chi connectivity index (χ1v) is 9.86. The molecule has 1 aliphatic rings. The second-order valence-corrected chi connectivity index (χ2v) is 7.13. The number of carboxylic acid groups (broad SMARTS) is 1. The zero-order valence-electron chi connectivity index (χ0n) is 16.6. The third kappa shape index (κ3) is 4.52. The van der Waals surface area contributed by atoms with Crippen molar-refractivity contribution in [3.63, 3.8) is 0 Å². The maximum atomic E-state index is 11.8. The molecule has 0 unspecified atom stereocenters. The largest absolute Gasteiger partial charge is 0.476 e. The molecule has 1 saturated heterocycles. The summed E-state index contributed by atoms with van der Waals surface area (Å²) in [5.74, 6) is -0.845. The zero-order valence-corrected chi connectivity index (χ0v) is 16.6. The summed E-state index contributed by atoms with van der Waals surface area (Å²) in [7, 11) is 0. The van der Waals surface area contributed by atoms with Crippen molar-refractivity contribution < 1.29 is 14.6 Å². The molecule has 0 atom stereocenters. The fourth-order valence-corrected chi connectivity index (χ4v) is 3.46. The molecule has 7 nitrogen and oxygen atoms in total. The molecule has 0 amide bonds. The number of aromatic nitrogens is 1. The molecule has 0 bridgehead atoms. The Labute approximate surface area is 175 Å². The minimum atomic E-state index is -1.11. The number of anilines is 2. The lowest BCUT2D eigenvalue weighted by molar-refractivity contribution is 0.0692. The zero-order chi connectivity index (χ0) is 20.9. The summed E-state index contributed by atoms with van der Waals surface area (Å²) in [6, 6.07) is 17.4. The van der Waals surface area contributed by atoms with Crippen molar-refractivity contribution in [1.29, 1.82) is 0 Å². The highest BCUT2D eigenvalue weighted by atomic mass is 16.5. The first kappa shape index (κ1) is 19.7. The average molecular weight is 404 g/mol. The highest BCUT2D eigenvalue weighted by Crippen LogP contribution is 2.26. The van der Waals surface area contributed by atoms with E-state index in [1.165, 1.54) is 0 Å². The first-order valence-electron chi connectivity index (χ1n) is 9.86. The summed E-state index contributed by atoms with van der Waals surface area (Å²) in [6.45, 7) is 7.88. The number of carboxylic acids is 1. The number of rotatable bonds is 7.